The summed E-state index contributed by atoms with van der Waals surface area (Å²) in [4.78, 5) is 21.3. The van der Waals surface area contributed by atoms with Gasteiger partial charge in [0.05, 0.1) is 4.92 Å². The number of hydrogen-bond acceptors (Lipinski definition) is 5. The van der Waals surface area contributed by atoms with Gasteiger partial charge in [0, 0.05) is 24.2 Å². The zero-order valence-corrected chi connectivity index (χ0v) is 10.4. The molecule has 0 bridgehead atoms. The van der Waals surface area contributed by atoms with Crippen LogP contribution in [0, 0.1) is 10.1 Å². The molecule has 0 radical (unpaired) electrons. The lowest BCUT2D eigenvalue weighted by Crippen LogP contribution is -2.37. The molecule has 0 saturated carbocycles. The van der Waals surface area contributed by atoms with E-state index in [1.807, 2.05) is 0 Å². The van der Waals surface area contributed by atoms with E-state index in [2.05, 4.69) is 5.32 Å². The summed E-state index contributed by atoms with van der Waals surface area (Å²) in [5.74, 6) is -0.976. The van der Waals surface area contributed by atoms with Crippen molar-refractivity contribution < 1.29 is 14.8 Å². The van der Waals surface area contributed by atoms with Gasteiger partial charge in [0.25, 0.3) is 5.91 Å². The monoisotopic (exact) mass is 275 g/mol. The number of phenols is 1. The number of nitro groups is 1. The minimum absolute atomic E-state index is 0. The van der Waals surface area contributed by atoms with Gasteiger partial charge in [0.15, 0.2) is 5.75 Å². The van der Waals surface area contributed by atoms with Gasteiger partial charge in [0.1, 0.15) is 0 Å². The molecule has 0 spiro atoms. The van der Waals surface area contributed by atoms with E-state index < -0.39 is 22.3 Å². The molecule has 0 aliphatic carbocycles. The summed E-state index contributed by atoms with van der Waals surface area (Å²) >= 11 is 0. The Bertz CT molecular complexity index is 453. The largest absolute Gasteiger partial charge is 0.502 e. The number of carbonyl (C=O) groups excluding carboxylic acids is 1. The number of nitrogens with one attached hydrogen (secondary N) is 1. The topological polar surface area (TPSA) is 118 Å². The molecule has 0 heterocycles. The first-order valence-corrected chi connectivity index (χ1v) is 4.94. The highest BCUT2D eigenvalue weighted by atomic mass is 35.5. The fraction of sp³-hybridized carbons (Fsp3) is 0.300. The van der Waals surface area contributed by atoms with Crippen molar-refractivity contribution in [2.75, 3.05) is 6.54 Å². The molecule has 4 N–H and O–H groups in total. The van der Waals surface area contributed by atoms with Crippen LogP contribution in [0.1, 0.15) is 17.3 Å². The minimum atomic E-state index is -0.723. The van der Waals surface area contributed by atoms with Crippen molar-refractivity contribution in [3.63, 3.8) is 0 Å². The average Bonchev–Trinajstić information content (AvgIpc) is 2.28. The molecule has 1 aromatic rings. The van der Waals surface area contributed by atoms with Crippen molar-refractivity contribution >= 4 is 24.0 Å². The Balaban J connectivity index is 0.00000289. The Hall–Kier alpha value is -1.86. The molecule has 7 nitrogen and oxygen atoms in total. The molecular formula is C10H14ClN3O4. The lowest BCUT2D eigenvalue weighted by atomic mass is 10.1. The number of phenolic OH excluding ortho intramolecular Hbond substituents is 1. The Morgan fingerprint density at radius 2 is 2.22 bits per heavy atom. The van der Waals surface area contributed by atoms with E-state index in [-0.39, 0.29) is 30.6 Å². The number of amides is 1. The lowest BCUT2D eigenvalue weighted by molar-refractivity contribution is -0.385. The van der Waals surface area contributed by atoms with E-state index in [9.17, 15) is 20.0 Å². The standard InChI is InChI=1S/C10H13N3O4.ClH/c1-6(5-11)12-10(15)7-2-3-8(13(16)17)9(14)4-7;/h2-4,6,14H,5,11H2,1H3,(H,12,15);1H/t6-;/m1./s1. The number of hydrogen-bond donors (Lipinski definition) is 3. The van der Waals surface area contributed by atoms with Crippen molar-refractivity contribution in [3.8, 4) is 5.75 Å². The predicted molar refractivity (Wildman–Crippen MR) is 68.0 cm³/mol. The fourth-order valence-electron chi connectivity index (χ4n) is 1.19. The average molecular weight is 276 g/mol. The van der Waals surface area contributed by atoms with Crippen LogP contribution >= 0.6 is 12.4 Å². The maximum atomic E-state index is 11.6. The van der Waals surface area contributed by atoms with E-state index in [0.29, 0.717) is 0 Å². The molecule has 1 aromatic carbocycles. The predicted octanol–water partition coefficient (Wildman–Crippen LogP) is 0.799. The van der Waals surface area contributed by atoms with E-state index in [1.54, 1.807) is 6.92 Å². The van der Waals surface area contributed by atoms with Crippen LogP contribution in [0.5, 0.6) is 5.75 Å². The second-order valence-corrected chi connectivity index (χ2v) is 3.57. The maximum absolute atomic E-state index is 11.6. The van der Waals surface area contributed by atoms with Crippen molar-refractivity contribution in [1.82, 2.24) is 5.32 Å². The molecule has 1 rings (SSSR count). The van der Waals surface area contributed by atoms with Crippen LogP contribution in [-0.2, 0) is 0 Å². The van der Waals surface area contributed by atoms with E-state index in [0.717, 1.165) is 12.1 Å². The summed E-state index contributed by atoms with van der Waals surface area (Å²) < 4.78 is 0. The molecule has 8 heteroatoms. The number of nitrogens with zero attached hydrogens (tertiary/aromatic N) is 1. The summed E-state index contributed by atoms with van der Waals surface area (Å²) in [5.41, 5.74) is 5.05. The Labute approximate surface area is 110 Å². The smallest absolute Gasteiger partial charge is 0.310 e. The zero-order chi connectivity index (χ0) is 13.0. The number of nitrogens with two attached hydrogens (primary N) is 1. The molecular weight excluding hydrogens is 262 g/mol. The van der Waals surface area contributed by atoms with E-state index in [4.69, 9.17) is 5.73 Å². The summed E-state index contributed by atoms with van der Waals surface area (Å²) in [6, 6.07) is 3.20. The number of rotatable bonds is 4. The molecule has 0 saturated heterocycles. The van der Waals surface area contributed by atoms with Crippen molar-refractivity contribution in [2.24, 2.45) is 5.73 Å². The SMILES string of the molecule is C[C@H](CN)NC(=O)c1ccc([N+](=O)[O-])c(O)c1.Cl. The number of carbonyl (C=O) groups is 1. The third-order valence-corrected chi connectivity index (χ3v) is 2.17. The Morgan fingerprint density at radius 3 is 2.67 bits per heavy atom. The molecule has 0 aliphatic heterocycles. The first kappa shape index (κ1) is 16.1. The quantitative estimate of drug-likeness (QED) is 0.555. The van der Waals surface area contributed by atoms with Crippen LogP contribution in [0.4, 0.5) is 5.69 Å². The van der Waals surface area contributed by atoms with Gasteiger partial charge in [-0.1, -0.05) is 0 Å². The molecule has 100 valence electrons. The van der Waals surface area contributed by atoms with Crippen LogP contribution in [0.25, 0.3) is 0 Å². The minimum Gasteiger partial charge on any atom is -0.502 e. The fourth-order valence-corrected chi connectivity index (χ4v) is 1.19. The first-order chi connectivity index (χ1) is 7.95. The van der Waals surface area contributed by atoms with Gasteiger partial charge in [0.2, 0.25) is 0 Å². The third-order valence-electron chi connectivity index (χ3n) is 2.17. The van der Waals surface area contributed by atoms with Gasteiger partial charge in [-0.15, -0.1) is 12.4 Å². The van der Waals surface area contributed by atoms with Crippen LogP contribution < -0.4 is 11.1 Å². The molecule has 0 aromatic heterocycles. The summed E-state index contributed by atoms with van der Waals surface area (Å²) in [6.07, 6.45) is 0. The maximum Gasteiger partial charge on any atom is 0.310 e. The van der Waals surface area contributed by atoms with Crippen molar-refractivity contribution in [1.29, 1.82) is 0 Å². The number of benzene rings is 1. The van der Waals surface area contributed by atoms with Gasteiger partial charge >= 0.3 is 5.69 Å². The van der Waals surface area contributed by atoms with Crippen LogP contribution in [0.3, 0.4) is 0 Å². The lowest BCUT2D eigenvalue weighted by Gasteiger charge is -2.11. The molecule has 0 unspecified atom stereocenters. The Kier molecular flexibility index (Phi) is 6.07. The van der Waals surface area contributed by atoms with Gasteiger partial charge in [-0.3, -0.25) is 14.9 Å². The second-order valence-electron chi connectivity index (χ2n) is 3.57. The van der Waals surface area contributed by atoms with Gasteiger partial charge in [-0.25, -0.2) is 0 Å². The highest BCUT2D eigenvalue weighted by Crippen LogP contribution is 2.26. The van der Waals surface area contributed by atoms with Gasteiger partial charge in [-0.2, -0.15) is 0 Å². The number of halogens is 1. The summed E-state index contributed by atoms with van der Waals surface area (Å²) in [6.45, 7) is 2.01. The van der Waals surface area contributed by atoms with E-state index in [1.165, 1.54) is 6.07 Å². The highest BCUT2D eigenvalue weighted by molar-refractivity contribution is 5.95. The molecule has 0 aliphatic rings. The normalized spacial score (nSPS) is 11.2. The number of aromatic hydroxyl groups is 1. The zero-order valence-electron chi connectivity index (χ0n) is 9.62. The summed E-state index contributed by atoms with van der Waals surface area (Å²) in [5, 5.41) is 22.4. The highest BCUT2D eigenvalue weighted by Gasteiger charge is 2.16. The van der Waals surface area contributed by atoms with Crippen LogP contribution in [0.2, 0.25) is 0 Å². The van der Waals surface area contributed by atoms with Crippen molar-refractivity contribution in [2.45, 2.75) is 13.0 Å². The molecule has 18 heavy (non-hydrogen) atoms. The van der Waals surface area contributed by atoms with Gasteiger partial charge in [-0.05, 0) is 19.1 Å². The second kappa shape index (κ2) is 6.77. The van der Waals surface area contributed by atoms with Gasteiger partial charge < -0.3 is 16.2 Å². The van der Waals surface area contributed by atoms with Crippen LogP contribution in [0.15, 0.2) is 18.2 Å². The van der Waals surface area contributed by atoms with Crippen molar-refractivity contribution in [3.05, 3.63) is 33.9 Å². The molecule has 1 atom stereocenters. The van der Waals surface area contributed by atoms with Crippen LogP contribution in [-0.4, -0.2) is 28.5 Å². The number of nitro benzene ring substituents is 1. The molecule has 1 amide bonds. The Morgan fingerprint density at radius 1 is 1.61 bits per heavy atom. The summed E-state index contributed by atoms with van der Waals surface area (Å²) in [7, 11) is 0. The molecule has 0 fully saturated rings. The van der Waals surface area contributed by atoms with E-state index >= 15 is 0 Å². The third kappa shape index (κ3) is 3.86. The first-order valence-electron chi connectivity index (χ1n) is 4.94.